The highest BCUT2D eigenvalue weighted by Gasteiger charge is 2.17. The van der Waals surface area contributed by atoms with Crippen LogP contribution in [0.4, 0.5) is 5.69 Å². The molecule has 1 aromatic heterocycles. The molecule has 9 nitrogen and oxygen atoms in total. The van der Waals surface area contributed by atoms with Gasteiger partial charge in [-0.1, -0.05) is 70.2 Å². The highest BCUT2D eigenvalue weighted by molar-refractivity contribution is 9.10. The summed E-state index contributed by atoms with van der Waals surface area (Å²) < 4.78 is 2.85. The maximum absolute atomic E-state index is 12.5. The first-order valence-corrected chi connectivity index (χ1v) is 12.2. The number of nitrogens with one attached hydrogen (secondary N) is 1. The van der Waals surface area contributed by atoms with Gasteiger partial charge >= 0.3 is 0 Å². The molecule has 3 aromatic carbocycles. The quantitative estimate of drug-likeness (QED) is 0.139. The summed E-state index contributed by atoms with van der Waals surface area (Å²) in [4.78, 5) is 23.0. The van der Waals surface area contributed by atoms with Crippen molar-refractivity contribution in [3.05, 3.63) is 99.0 Å². The van der Waals surface area contributed by atoms with E-state index in [0.29, 0.717) is 22.3 Å². The van der Waals surface area contributed by atoms with Crippen molar-refractivity contribution in [2.24, 2.45) is 5.10 Å². The zero-order valence-electron chi connectivity index (χ0n) is 18.5. The van der Waals surface area contributed by atoms with Crippen LogP contribution in [0.3, 0.4) is 0 Å². The Hall–Kier alpha value is -3.83. The van der Waals surface area contributed by atoms with E-state index < -0.39 is 4.92 Å². The van der Waals surface area contributed by atoms with E-state index in [1.807, 2.05) is 59.2 Å². The number of amides is 1. The number of aromatic nitrogens is 3. The molecule has 0 saturated heterocycles. The predicted molar refractivity (Wildman–Crippen MR) is 139 cm³/mol. The summed E-state index contributed by atoms with van der Waals surface area (Å²) in [6.07, 6.45) is 0. The number of thioether (sulfide) groups is 1. The highest BCUT2D eigenvalue weighted by Crippen LogP contribution is 2.28. The number of benzene rings is 3. The van der Waals surface area contributed by atoms with Gasteiger partial charge in [0, 0.05) is 33.4 Å². The summed E-state index contributed by atoms with van der Waals surface area (Å²) in [6, 6.07) is 23.5. The molecule has 0 spiro atoms. The molecule has 0 aliphatic carbocycles. The van der Waals surface area contributed by atoms with Crippen molar-refractivity contribution < 1.29 is 9.72 Å². The van der Waals surface area contributed by atoms with Crippen LogP contribution in [-0.2, 0) is 4.79 Å². The third-order valence-corrected chi connectivity index (χ3v) is 6.36. The van der Waals surface area contributed by atoms with E-state index >= 15 is 0 Å². The molecular formula is C24H19BrN6O3S. The third-order valence-electron chi connectivity index (χ3n) is 4.91. The number of hydrogen-bond donors (Lipinski definition) is 1. The minimum atomic E-state index is -0.475. The molecule has 4 rings (SSSR count). The molecule has 0 unspecified atom stereocenters. The molecule has 35 heavy (non-hydrogen) atoms. The molecule has 0 atom stereocenters. The molecule has 1 amide bonds. The van der Waals surface area contributed by atoms with Gasteiger partial charge in [-0.15, -0.1) is 10.2 Å². The van der Waals surface area contributed by atoms with E-state index in [0.717, 1.165) is 15.7 Å². The maximum Gasteiger partial charge on any atom is 0.270 e. The fraction of sp³-hybridized carbons (Fsp3) is 0.0833. The Morgan fingerprint density at radius 2 is 1.83 bits per heavy atom. The van der Waals surface area contributed by atoms with Gasteiger partial charge in [-0.25, -0.2) is 5.43 Å². The van der Waals surface area contributed by atoms with Crippen molar-refractivity contribution in [1.29, 1.82) is 0 Å². The van der Waals surface area contributed by atoms with Gasteiger partial charge < -0.3 is 0 Å². The van der Waals surface area contributed by atoms with Crippen molar-refractivity contribution >= 4 is 45.0 Å². The molecule has 1 heterocycles. The predicted octanol–water partition coefficient (Wildman–Crippen LogP) is 5.24. The average molecular weight is 551 g/mol. The lowest BCUT2D eigenvalue weighted by molar-refractivity contribution is -0.384. The fourth-order valence-corrected chi connectivity index (χ4v) is 4.19. The number of nitro groups is 1. The fourth-order valence-electron chi connectivity index (χ4n) is 3.18. The van der Waals surface area contributed by atoms with Gasteiger partial charge in [-0.2, -0.15) is 5.10 Å². The lowest BCUT2D eigenvalue weighted by atomic mass is 10.1. The van der Waals surface area contributed by atoms with Crippen LogP contribution in [0.25, 0.3) is 17.1 Å². The number of carbonyl (C=O) groups is 1. The van der Waals surface area contributed by atoms with E-state index in [9.17, 15) is 14.9 Å². The first kappa shape index (κ1) is 24.3. The van der Waals surface area contributed by atoms with Crippen molar-refractivity contribution in [2.75, 3.05) is 5.75 Å². The summed E-state index contributed by atoms with van der Waals surface area (Å²) in [5.41, 5.74) is 5.22. The van der Waals surface area contributed by atoms with Crippen molar-refractivity contribution in [3.63, 3.8) is 0 Å². The van der Waals surface area contributed by atoms with Crippen LogP contribution in [0.2, 0.25) is 0 Å². The number of hydrazone groups is 1. The molecule has 11 heteroatoms. The number of hydrogen-bond acceptors (Lipinski definition) is 7. The van der Waals surface area contributed by atoms with Crippen molar-refractivity contribution in [1.82, 2.24) is 20.2 Å². The number of nitro benzene ring substituents is 1. The van der Waals surface area contributed by atoms with Crippen molar-refractivity contribution in [2.45, 2.75) is 12.1 Å². The SMILES string of the molecule is CC(=NNC(=O)CSc1nnc(-c2ccccc2)n1-c1ccc(Br)cc1)c1cccc([N+](=O)[O-])c1. The van der Waals surface area contributed by atoms with E-state index in [1.54, 1.807) is 19.1 Å². The maximum atomic E-state index is 12.5. The molecular weight excluding hydrogens is 532 g/mol. The molecule has 0 aliphatic rings. The van der Waals surface area contributed by atoms with Gasteiger partial charge in [0.15, 0.2) is 11.0 Å². The smallest absolute Gasteiger partial charge is 0.270 e. The Morgan fingerprint density at radius 1 is 1.09 bits per heavy atom. The molecule has 0 aliphatic heterocycles. The normalized spacial score (nSPS) is 11.3. The first-order chi connectivity index (χ1) is 16.9. The minimum absolute atomic E-state index is 0.0413. The molecule has 0 bridgehead atoms. The van der Waals surface area contributed by atoms with Crippen LogP contribution in [0.1, 0.15) is 12.5 Å². The Labute approximate surface area is 213 Å². The summed E-state index contributed by atoms with van der Waals surface area (Å²) in [7, 11) is 0. The van der Waals surface area contributed by atoms with Gasteiger partial charge in [-0.05, 0) is 31.2 Å². The monoisotopic (exact) mass is 550 g/mol. The summed E-state index contributed by atoms with van der Waals surface area (Å²) in [5, 5.41) is 24.3. The molecule has 0 saturated carbocycles. The molecule has 176 valence electrons. The van der Waals surface area contributed by atoms with Crippen LogP contribution >= 0.6 is 27.7 Å². The van der Waals surface area contributed by atoms with E-state index in [4.69, 9.17) is 0 Å². The van der Waals surface area contributed by atoms with E-state index in [2.05, 4.69) is 36.7 Å². The Balaban J connectivity index is 1.50. The van der Waals surface area contributed by atoms with Crippen LogP contribution in [0.15, 0.2) is 93.6 Å². The lowest BCUT2D eigenvalue weighted by Crippen LogP contribution is -2.21. The van der Waals surface area contributed by atoms with Crippen LogP contribution < -0.4 is 5.43 Å². The second-order valence-electron chi connectivity index (χ2n) is 7.31. The van der Waals surface area contributed by atoms with E-state index in [1.165, 1.54) is 23.9 Å². The van der Waals surface area contributed by atoms with Gasteiger partial charge in [0.25, 0.3) is 11.6 Å². The zero-order valence-corrected chi connectivity index (χ0v) is 20.9. The minimum Gasteiger partial charge on any atom is -0.272 e. The Morgan fingerprint density at radius 3 is 2.54 bits per heavy atom. The number of halogens is 1. The third kappa shape index (κ3) is 6.00. The largest absolute Gasteiger partial charge is 0.272 e. The number of rotatable bonds is 8. The van der Waals surface area contributed by atoms with Gasteiger partial charge in [-0.3, -0.25) is 19.5 Å². The van der Waals surface area contributed by atoms with Crippen LogP contribution in [0, 0.1) is 10.1 Å². The second kappa shape index (κ2) is 11.1. The van der Waals surface area contributed by atoms with Gasteiger partial charge in [0.05, 0.1) is 16.4 Å². The topological polar surface area (TPSA) is 115 Å². The number of carbonyl (C=O) groups excluding carboxylic acids is 1. The van der Waals surface area contributed by atoms with Crippen molar-refractivity contribution in [3.8, 4) is 17.1 Å². The molecule has 0 radical (unpaired) electrons. The molecule has 4 aromatic rings. The summed E-state index contributed by atoms with van der Waals surface area (Å²) in [6.45, 7) is 1.67. The van der Waals surface area contributed by atoms with E-state index in [-0.39, 0.29) is 17.3 Å². The zero-order chi connectivity index (χ0) is 24.8. The average Bonchev–Trinajstić information content (AvgIpc) is 3.31. The van der Waals surface area contributed by atoms with Gasteiger partial charge in [0.2, 0.25) is 0 Å². The molecule has 0 fully saturated rings. The van der Waals surface area contributed by atoms with Crippen LogP contribution in [0.5, 0.6) is 0 Å². The summed E-state index contributed by atoms with van der Waals surface area (Å²) >= 11 is 4.68. The number of non-ortho nitro benzene ring substituents is 1. The summed E-state index contributed by atoms with van der Waals surface area (Å²) in [5.74, 6) is 0.372. The first-order valence-electron chi connectivity index (χ1n) is 10.4. The van der Waals surface area contributed by atoms with Gasteiger partial charge in [0.1, 0.15) is 0 Å². The Bertz CT molecular complexity index is 1390. The Kier molecular flexibility index (Phi) is 7.68. The number of nitrogens with zero attached hydrogens (tertiary/aromatic N) is 5. The lowest BCUT2D eigenvalue weighted by Gasteiger charge is -2.10. The second-order valence-corrected chi connectivity index (χ2v) is 9.17. The highest BCUT2D eigenvalue weighted by atomic mass is 79.9. The molecule has 1 N–H and O–H groups in total. The standard InChI is InChI=1S/C24H19BrN6O3S/c1-16(18-8-5-9-21(14-18)31(33)34)26-27-22(32)15-35-24-29-28-23(17-6-3-2-4-7-17)30(24)20-12-10-19(25)11-13-20/h2-14H,15H2,1H3,(H,27,32). The van der Waals surface area contributed by atoms with Crippen LogP contribution in [-0.4, -0.2) is 37.1 Å².